The minimum absolute atomic E-state index is 0.0414. The van der Waals surface area contributed by atoms with Crippen molar-refractivity contribution in [3.8, 4) is 11.1 Å². The van der Waals surface area contributed by atoms with Crippen LogP contribution < -0.4 is 5.69 Å². The molecule has 8 heteroatoms. The molecule has 0 atom stereocenters. The summed E-state index contributed by atoms with van der Waals surface area (Å²) in [6, 6.07) is 13.7. The van der Waals surface area contributed by atoms with E-state index in [4.69, 9.17) is 0 Å². The molecule has 1 heterocycles. The highest BCUT2D eigenvalue weighted by molar-refractivity contribution is 5.96. The summed E-state index contributed by atoms with van der Waals surface area (Å²) in [6.07, 6.45) is 1.81. The Morgan fingerprint density at radius 3 is 2.31 bits per heavy atom. The van der Waals surface area contributed by atoms with Crippen molar-refractivity contribution in [1.82, 2.24) is 9.13 Å². The first kappa shape index (κ1) is 25.5. The van der Waals surface area contributed by atoms with Crippen molar-refractivity contribution in [2.45, 2.75) is 64.8 Å². The van der Waals surface area contributed by atoms with E-state index < -0.39 is 35.6 Å². The highest BCUT2D eigenvalue weighted by Crippen LogP contribution is 2.30. The van der Waals surface area contributed by atoms with E-state index in [1.807, 2.05) is 6.92 Å². The molecule has 0 unspecified atom stereocenters. The van der Waals surface area contributed by atoms with Gasteiger partial charge in [-0.25, -0.2) is 22.9 Å². The molecule has 0 bridgehead atoms. The zero-order valence-electron chi connectivity index (χ0n) is 20.3. The zero-order chi connectivity index (χ0) is 25.8. The van der Waals surface area contributed by atoms with Crippen LogP contribution in [-0.2, 0) is 13.0 Å². The second-order valence-corrected chi connectivity index (χ2v) is 9.31. The van der Waals surface area contributed by atoms with Gasteiger partial charge < -0.3 is 5.11 Å². The summed E-state index contributed by atoms with van der Waals surface area (Å²) in [6.45, 7) is 1.89. The van der Waals surface area contributed by atoms with E-state index in [-0.39, 0.29) is 24.2 Å². The lowest BCUT2D eigenvalue weighted by Crippen LogP contribution is -2.35. The second kappa shape index (κ2) is 11.0. The van der Waals surface area contributed by atoms with Gasteiger partial charge in [0.2, 0.25) is 5.91 Å². The fraction of sp³-hybridized carbons (Fsp3) is 0.393. The van der Waals surface area contributed by atoms with E-state index in [0.29, 0.717) is 36.0 Å². The van der Waals surface area contributed by atoms with E-state index in [9.17, 15) is 28.3 Å². The van der Waals surface area contributed by atoms with E-state index in [1.165, 1.54) is 10.6 Å². The molecule has 190 valence electrons. The summed E-state index contributed by atoms with van der Waals surface area (Å²) >= 11 is 0. The zero-order valence-corrected chi connectivity index (χ0v) is 20.3. The Bertz CT molecular complexity index is 1300. The standard InChI is InChI=1S/C28H30F2N2O4/c1-2-8-23-24(25(29)30)32(26(33)20-9-4-3-5-10-20)28(36)31(23)17-18-13-15-19(16-14-18)21-11-6-7-12-22(21)27(34)35/h6-7,11-16,20,25H,2-5,8-10,17H2,1H3,(H,34,35). The molecular formula is C28H30F2N2O4. The molecule has 4 rings (SSSR count). The number of halogens is 2. The van der Waals surface area contributed by atoms with Crippen LogP contribution in [0.1, 0.15) is 84.0 Å². The third-order valence-corrected chi connectivity index (χ3v) is 6.92. The summed E-state index contributed by atoms with van der Waals surface area (Å²) in [5, 5.41) is 9.47. The molecule has 6 nitrogen and oxygen atoms in total. The van der Waals surface area contributed by atoms with E-state index in [1.54, 1.807) is 42.5 Å². The average Bonchev–Trinajstić information content (AvgIpc) is 3.16. The lowest BCUT2D eigenvalue weighted by Gasteiger charge is -2.20. The Morgan fingerprint density at radius 1 is 1.03 bits per heavy atom. The van der Waals surface area contributed by atoms with Crippen molar-refractivity contribution in [1.29, 1.82) is 0 Å². The number of carbonyl (C=O) groups excluding carboxylic acids is 1. The van der Waals surface area contributed by atoms with Gasteiger partial charge in [0.05, 0.1) is 12.1 Å². The molecule has 1 saturated carbocycles. The number of aromatic carboxylic acids is 1. The van der Waals surface area contributed by atoms with Crippen LogP contribution in [0.5, 0.6) is 0 Å². The Kier molecular flexibility index (Phi) is 7.82. The first-order chi connectivity index (χ1) is 17.3. The number of hydrogen-bond acceptors (Lipinski definition) is 3. The van der Waals surface area contributed by atoms with Crippen LogP contribution in [0.25, 0.3) is 11.1 Å². The van der Waals surface area contributed by atoms with Gasteiger partial charge in [-0.15, -0.1) is 0 Å². The molecule has 0 aliphatic heterocycles. The molecule has 0 radical (unpaired) electrons. The summed E-state index contributed by atoms with van der Waals surface area (Å²) in [5.74, 6) is -1.96. The number of alkyl halides is 2. The van der Waals surface area contributed by atoms with Gasteiger partial charge in [-0.1, -0.05) is 75.1 Å². The molecule has 0 saturated heterocycles. The predicted octanol–water partition coefficient (Wildman–Crippen LogP) is 6.17. The first-order valence-corrected chi connectivity index (χ1v) is 12.4. The molecule has 0 spiro atoms. The molecule has 1 aliphatic rings. The van der Waals surface area contributed by atoms with Crippen LogP contribution in [-0.4, -0.2) is 26.1 Å². The van der Waals surface area contributed by atoms with Crippen LogP contribution in [0.3, 0.4) is 0 Å². The SMILES string of the molecule is CCCc1c(C(F)F)n(C(=O)C2CCCCC2)c(=O)n1Cc1ccc(-c2ccccc2C(=O)O)cc1. The van der Waals surface area contributed by atoms with Crippen molar-refractivity contribution in [3.63, 3.8) is 0 Å². The molecule has 0 amide bonds. The van der Waals surface area contributed by atoms with Gasteiger partial charge in [0.15, 0.2) is 0 Å². The highest BCUT2D eigenvalue weighted by atomic mass is 19.3. The maximum absolute atomic E-state index is 14.2. The molecule has 3 aromatic rings. The number of carbonyl (C=O) groups is 2. The topological polar surface area (TPSA) is 81.3 Å². The van der Waals surface area contributed by atoms with Crippen molar-refractivity contribution in [3.05, 3.63) is 81.5 Å². The molecule has 1 fully saturated rings. The summed E-state index contributed by atoms with van der Waals surface area (Å²) in [7, 11) is 0. The van der Waals surface area contributed by atoms with Crippen molar-refractivity contribution < 1.29 is 23.5 Å². The van der Waals surface area contributed by atoms with Crippen molar-refractivity contribution >= 4 is 11.9 Å². The lowest BCUT2D eigenvalue weighted by atomic mass is 9.88. The predicted molar refractivity (Wildman–Crippen MR) is 133 cm³/mol. The van der Waals surface area contributed by atoms with E-state index in [0.717, 1.165) is 23.8 Å². The number of aromatic nitrogens is 2. The average molecular weight is 497 g/mol. The van der Waals surface area contributed by atoms with E-state index >= 15 is 0 Å². The number of imidazole rings is 1. The maximum Gasteiger partial charge on any atom is 0.336 e. The Labute approximate surface area is 208 Å². The number of carboxylic acid groups (broad SMARTS) is 1. The number of benzene rings is 2. The van der Waals surface area contributed by atoms with Gasteiger partial charge in [-0.3, -0.25) is 9.36 Å². The number of rotatable bonds is 8. The van der Waals surface area contributed by atoms with Crippen molar-refractivity contribution in [2.24, 2.45) is 5.92 Å². The highest BCUT2D eigenvalue weighted by Gasteiger charge is 2.33. The Morgan fingerprint density at radius 2 is 1.69 bits per heavy atom. The van der Waals surface area contributed by atoms with Crippen LogP contribution in [0, 0.1) is 5.92 Å². The monoisotopic (exact) mass is 496 g/mol. The summed E-state index contributed by atoms with van der Waals surface area (Å²) in [5.41, 5.74) is 1.11. The van der Waals surface area contributed by atoms with Gasteiger partial charge in [0.25, 0.3) is 6.43 Å². The molecule has 2 aromatic carbocycles. The fourth-order valence-electron chi connectivity index (χ4n) is 5.13. The van der Waals surface area contributed by atoms with E-state index in [2.05, 4.69) is 0 Å². The van der Waals surface area contributed by atoms with Crippen molar-refractivity contribution in [2.75, 3.05) is 0 Å². The van der Waals surface area contributed by atoms with Gasteiger partial charge in [-0.05, 0) is 42.0 Å². The largest absolute Gasteiger partial charge is 0.478 e. The minimum Gasteiger partial charge on any atom is -0.478 e. The van der Waals surface area contributed by atoms with Gasteiger partial charge in [0, 0.05) is 11.6 Å². The van der Waals surface area contributed by atoms with Gasteiger partial charge in [0.1, 0.15) is 5.69 Å². The van der Waals surface area contributed by atoms with Crippen LogP contribution >= 0.6 is 0 Å². The van der Waals surface area contributed by atoms with Gasteiger partial charge >= 0.3 is 11.7 Å². The molecular weight excluding hydrogens is 466 g/mol. The normalized spacial score (nSPS) is 14.3. The second-order valence-electron chi connectivity index (χ2n) is 9.31. The number of hydrogen-bond donors (Lipinski definition) is 1. The quantitative estimate of drug-likeness (QED) is 0.404. The molecule has 1 aliphatic carbocycles. The van der Waals surface area contributed by atoms with Crippen LogP contribution in [0.15, 0.2) is 53.3 Å². The molecule has 1 aromatic heterocycles. The maximum atomic E-state index is 14.2. The van der Waals surface area contributed by atoms with Crippen LogP contribution in [0.2, 0.25) is 0 Å². The summed E-state index contributed by atoms with van der Waals surface area (Å²) < 4.78 is 30.5. The molecule has 1 N–H and O–H groups in total. The first-order valence-electron chi connectivity index (χ1n) is 12.4. The molecule has 36 heavy (non-hydrogen) atoms. The van der Waals surface area contributed by atoms with Gasteiger partial charge in [-0.2, -0.15) is 0 Å². The summed E-state index contributed by atoms with van der Waals surface area (Å²) in [4.78, 5) is 38.2. The lowest BCUT2D eigenvalue weighted by molar-refractivity contribution is 0.0696. The smallest absolute Gasteiger partial charge is 0.336 e. The minimum atomic E-state index is -2.94. The fourth-order valence-corrected chi connectivity index (χ4v) is 5.13. The number of nitrogens with zero attached hydrogens (tertiary/aromatic N) is 2. The third-order valence-electron chi connectivity index (χ3n) is 6.92. The third kappa shape index (κ3) is 5.03. The Balaban J connectivity index is 1.72. The van der Waals surface area contributed by atoms with Crippen LogP contribution in [0.4, 0.5) is 8.78 Å². The number of carboxylic acids is 1. The Hall–Kier alpha value is -3.55.